The molecule has 3 unspecified atom stereocenters. The minimum atomic E-state index is -0.400. The zero-order chi connectivity index (χ0) is 22.9. The number of halogens is 1. The maximum Gasteiger partial charge on any atom is 0.319 e. The second kappa shape index (κ2) is 8.96. The number of carbonyl (C=O) groups is 1. The van der Waals surface area contributed by atoms with E-state index in [1.165, 1.54) is 0 Å². The highest BCUT2D eigenvalue weighted by Crippen LogP contribution is 2.42. The zero-order valence-electron chi connectivity index (χ0n) is 18.2. The lowest BCUT2D eigenvalue weighted by Crippen LogP contribution is -2.36. The molecule has 0 saturated heterocycles. The third-order valence-corrected chi connectivity index (χ3v) is 6.53. The number of anilines is 1. The van der Waals surface area contributed by atoms with Gasteiger partial charge in [-0.05, 0) is 53.4 Å². The molecule has 0 radical (unpaired) electrons. The Morgan fingerprint density at radius 2 is 1.94 bits per heavy atom. The van der Waals surface area contributed by atoms with E-state index in [1.807, 2.05) is 60.7 Å². The van der Waals surface area contributed by atoms with Gasteiger partial charge in [0, 0.05) is 35.2 Å². The average molecular weight is 465 g/mol. The van der Waals surface area contributed by atoms with Crippen LogP contribution in [0.2, 0.25) is 5.02 Å². The number of ether oxygens (including phenoxy) is 2. The lowest BCUT2D eigenvalue weighted by molar-refractivity contribution is 0.152. The molecule has 3 N–H and O–H groups in total. The SMILES string of the molecule is COc1ccc2c(c1)OC(c1ccc(Cl)cc1)CC2NC(=O)Nc1cccc2c1CC(O)C2. The fourth-order valence-electron chi connectivity index (χ4n) is 4.65. The summed E-state index contributed by atoms with van der Waals surface area (Å²) in [5.74, 6) is 1.36. The number of carbonyl (C=O) groups excluding carboxylic acids is 1. The lowest BCUT2D eigenvalue weighted by Gasteiger charge is -2.33. The molecule has 3 atom stereocenters. The van der Waals surface area contributed by atoms with Gasteiger partial charge in [-0.2, -0.15) is 0 Å². The number of rotatable bonds is 4. The van der Waals surface area contributed by atoms with Crippen LogP contribution in [0.1, 0.15) is 40.8 Å². The van der Waals surface area contributed by atoms with Crippen molar-refractivity contribution in [2.75, 3.05) is 12.4 Å². The number of amides is 2. The van der Waals surface area contributed by atoms with Crippen LogP contribution in [0.4, 0.5) is 10.5 Å². The summed E-state index contributed by atoms with van der Waals surface area (Å²) in [6.07, 6.45) is 1.08. The number of urea groups is 1. The van der Waals surface area contributed by atoms with E-state index < -0.39 is 6.10 Å². The number of methoxy groups -OCH3 is 1. The molecule has 0 fully saturated rings. The fourth-order valence-corrected chi connectivity index (χ4v) is 4.78. The van der Waals surface area contributed by atoms with Gasteiger partial charge in [-0.3, -0.25) is 0 Å². The van der Waals surface area contributed by atoms with Gasteiger partial charge in [-0.1, -0.05) is 35.9 Å². The van der Waals surface area contributed by atoms with Crippen molar-refractivity contribution in [3.05, 3.63) is 87.9 Å². The van der Waals surface area contributed by atoms with Gasteiger partial charge in [-0.15, -0.1) is 0 Å². The van der Waals surface area contributed by atoms with Crippen LogP contribution in [0.25, 0.3) is 0 Å². The Balaban J connectivity index is 1.39. The molecule has 1 heterocycles. The molecule has 7 heteroatoms. The largest absolute Gasteiger partial charge is 0.497 e. The summed E-state index contributed by atoms with van der Waals surface area (Å²) >= 11 is 6.06. The zero-order valence-corrected chi connectivity index (χ0v) is 18.9. The molecule has 3 aromatic carbocycles. The number of hydrogen-bond acceptors (Lipinski definition) is 4. The van der Waals surface area contributed by atoms with Crippen molar-refractivity contribution in [1.29, 1.82) is 0 Å². The van der Waals surface area contributed by atoms with Crippen molar-refractivity contribution < 1.29 is 19.4 Å². The molecule has 5 rings (SSSR count). The highest BCUT2D eigenvalue weighted by Gasteiger charge is 2.31. The molecule has 2 aliphatic rings. The van der Waals surface area contributed by atoms with Crippen molar-refractivity contribution in [2.24, 2.45) is 0 Å². The number of hydrogen-bond donors (Lipinski definition) is 3. The van der Waals surface area contributed by atoms with Crippen LogP contribution in [-0.2, 0) is 12.8 Å². The van der Waals surface area contributed by atoms with Gasteiger partial charge in [-0.25, -0.2) is 4.79 Å². The van der Waals surface area contributed by atoms with Crippen LogP contribution in [-0.4, -0.2) is 24.4 Å². The third-order valence-electron chi connectivity index (χ3n) is 6.28. The summed E-state index contributed by atoms with van der Waals surface area (Å²) in [5.41, 5.74) is 4.68. The topological polar surface area (TPSA) is 79.8 Å². The Bertz CT molecular complexity index is 1180. The molecule has 2 amide bonds. The molecule has 170 valence electrons. The van der Waals surface area contributed by atoms with Crippen LogP contribution >= 0.6 is 11.6 Å². The Labute approximate surface area is 197 Å². The van der Waals surface area contributed by atoms with E-state index in [9.17, 15) is 9.90 Å². The van der Waals surface area contributed by atoms with Crippen LogP contribution in [0.5, 0.6) is 11.5 Å². The summed E-state index contributed by atoms with van der Waals surface area (Å²) < 4.78 is 11.6. The first kappa shape index (κ1) is 21.6. The van der Waals surface area contributed by atoms with Crippen LogP contribution in [0.3, 0.4) is 0 Å². The summed E-state index contributed by atoms with van der Waals surface area (Å²) in [7, 11) is 1.61. The molecule has 0 aromatic heterocycles. The smallest absolute Gasteiger partial charge is 0.319 e. The quantitative estimate of drug-likeness (QED) is 0.496. The van der Waals surface area contributed by atoms with E-state index >= 15 is 0 Å². The molecule has 33 heavy (non-hydrogen) atoms. The minimum Gasteiger partial charge on any atom is -0.497 e. The van der Waals surface area contributed by atoms with Crippen molar-refractivity contribution in [2.45, 2.75) is 37.5 Å². The van der Waals surface area contributed by atoms with Gasteiger partial charge < -0.3 is 25.2 Å². The second-order valence-electron chi connectivity index (χ2n) is 8.45. The maximum absolute atomic E-state index is 13.0. The van der Waals surface area contributed by atoms with Gasteiger partial charge in [0.05, 0.1) is 19.3 Å². The summed E-state index contributed by atoms with van der Waals surface area (Å²) in [5, 5.41) is 16.8. The summed E-state index contributed by atoms with van der Waals surface area (Å²) in [6.45, 7) is 0. The molecular weight excluding hydrogens is 440 g/mol. The number of aliphatic hydroxyl groups is 1. The van der Waals surface area contributed by atoms with Crippen molar-refractivity contribution in [3.63, 3.8) is 0 Å². The predicted molar refractivity (Wildman–Crippen MR) is 127 cm³/mol. The predicted octanol–water partition coefficient (Wildman–Crippen LogP) is 5.19. The molecule has 1 aliphatic carbocycles. The summed E-state index contributed by atoms with van der Waals surface area (Å²) in [4.78, 5) is 13.0. The van der Waals surface area contributed by atoms with E-state index in [0.29, 0.717) is 35.8 Å². The Kier molecular flexibility index (Phi) is 5.87. The van der Waals surface area contributed by atoms with Crippen molar-refractivity contribution in [1.82, 2.24) is 5.32 Å². The van der Waals surface area contributed by atoms with Gasteiger partial charge in [0.25, 0.3) is 0 Å². The molecule has 6 nitrogen and oxygen atoms in total. The normalized spacial score (nSPS) is 20.9. The fraction of sp³-hybridized carbons (Fsp3) is 0.269. The number of nitrogens with one attached hydrogen (secondary N) is 2. The first-order chi connectivity index (χ1) is 16.0. The summed E-state index contributed by atoms with van der Waals surface area (Å²) in [6, 6.07) is 18.4. The van der Waals surface area contributed by atoms with Crippen LogP contribution < -0.4 is 20.1 Å². The van der Waals surface area contributed by atoms with Crippen molar-refractivity contribution in [3.8, 4) is 11.5 Å². The molecule has 0 bridgehead atoms. The number of benzene rings is 3. The van der Waals surface area contributed by atoms with Gasteiger partial charge in [0.1, 0.15) is 17.6 Å². The van der Waals surface area contributed by atoms with Crippen LogP contribution in [0.15, 0.2) is 60.7 Å². The maximum atomic E-state index is 13.0. The number of aliphatic hydroxyl groups excluding tert-OH is 1. The van der Waals surface area contributed by atoms with E-state index in [0.717, 1.165) is 27.9 Å². The highest BCUT2D eigenvalue weighted by molar-refractivity contribution is 6.30. The monoisotopic (exact) mass is 464 g/mol. The van der Waals surface area contributed by atoms with E-state index in [1.54, 1.807) is 7.11 Å². The molecule has 3 aromatic rings. The Morgan fingerprint density at radius 1 is 1.12 bits per heavy atom. The third kappa shape index (κ3) is 4.49. The van der Waals surface area contributed by atoms with Gasteiger partial charge >= 0.3 is 6.03 Å². The van der Waals surface area contributed by atoms with Gasteiger partial charge in [0.15, 0.2) is 0 Å². The molecule has 0 spiro atoms. The Hall–Kier alpha value is -3.22. The van der Waals surface area contributed by atoms with E-state index in [-0.39, 0.29) is 18.2 Å². The first-order valence-corrected chi connectivity index (χ1v) is 11.3. The first-order valence-electron chi connectivity index (χ1n) is 11.0. The minimum absolute atomic E-state index is 0.247. The lowest BCUT2D eigenvalue weighted by atomic mass is 9.93. The van der Waals surface area contributed by atoms with E-state index in [4.69, 9.17) is 21.1 Å². The van der Waals surface area contributed by atoms with E-state index in [2.05, 4.69) is 10.6 Å². The average Bonchev–Trinajstić information content (AvgIpc) is 3.20. The molecular formula is C26H25ClN2O4. The number of fused-ring (bicyclic) bond motifs is 2. The molecule has 0 saturated carbocycles. The highest BCUT2D eigenvalue weighted by atomic mass is 35.5. The second-order valence-corrected chi connectivity index (χ2v) is 8.89. The van der Waals surface area contributed by atoms with Crippen LogP contribution in [0, 0.1) is 0 Å². The standard InChI is InChI=1S/C26H25ClN2O4/c1-32-19-9-10-20-23(14-24(33-25(20)13-19)15-5-7-17(27)8-6-15)29-26(31)28-22-4-2-3-16-11-18(30)12-21(16)22/h2-10,13,18,23-24,30H,11-12,14H2,1H3,(H2,28,29,31). The van der Waals surface area contributed by atoms with Crippen molar-refractivity contribution >= 4 is 23.3 Å². The Morgan fingerprint density at radius 3 is 2.73 bits per heavy atom. The van der Waals surface area contributed by atoms with Gasteiger partial charge in [0.2, 0.25) is 0 Å². The molecule has 1 aliphatic heterocycles.